The maximum atomic E-state index is 12.2. The Balaban J connectivity index is 1.25. The molecule has 2 heterocycles. The molecule has 2 aliphatic heterocycles. The van der Waals surface area contributed by atoms with Crippen molar-refractivity contribution in [1.82, 2.24) is 0 Å². The summed E-state index contributed by atoms with van der Waals surface area (Å²) in [5.41, 5.74) is 9.86. The van der Waals surface area contributed by atoms with Crippen LogP contribution in [0.3, 0.4) is 0 Å². The van der Waals surface area contributed by atoms with E-state index in [1.54, 1.807) is 6.07 Å². The third-order valence-electron chi connectivity index (χ3n) is 14.7. The first-order valence-electron chi connectivity index (χ1n) is 24.9. The van der Waals surface area contributed by atoms with E-state index in [0.717, 1.165) is 89.9 Å². The zero-order valence-electron chi connectivity index (χ0n) is 42.0. The molecule has 3 aliphatic rings. The minimum absolute atomic E-state index is 0.0317. The Hall–Kier alpha value is -5.86. The molecule has 0 radical (unpaired) electrons. The van der Waals surface area contributed by atoms with Crippen molar-refractivity contribution in [2.45, 2.75) is 134 Å². The molecule has 0 spiro atoms. The number of allylic oxidation sites excluding steroid dienone is 7. The molecule has 0 bridgehead atoms. The summed E-state index contributed by atoms with van der Waals surface area (Å²) in [5.74, 6) is 0.532. The SMILES string of the molecule is CCCCC[N+]1=C(/C=C/C2=C(Oc3ccc(CCC(=O)O)cc3)C(=C/C=C3/N(CCCC(C)S(=O)(=O)O)c4ccc5cc(S(=O)(=O)O)ccc5c4C3(C)C)/CCC2)C(C)(C)c2c1ccc1cc(C)ccc21. The summed E-state index contributed by atoms with van der Waals surface area (Å²) in [7, 11) is -8.67. The molecule has 1 aliphatic carbocycles. The predicted molar refractivity (Wildman–Crippen MR) is 285 cm³/mol. The van der Waals surface area contributed by atoms with Crippen LogP contribution >= 0.6 is 0 Å². The summed E-state index contributed by atoms with van der Waals surface area (Å²) < 4.78 is 77.6. The molecular formula is C58H67N2O9S2+. The van der Waals surface area contributed by atoms with Gasteiger partial charge >= 0.3 is 5.97 Å². The first-order chi connectivity index (χ1) is 33.6. The highest BCUT2D eigenvalue weighted by molar-refractivity contribution is 7.86. The number of carboxylic acids is 1. The van der Waals surface area contributed by atoms with Gasteiger partial charge in [-0.1, -0.05) is 81.3 Å². The second-order valence-electron chi connectivity index (χ2n) is 20.5. The maximum Gasteiger partial charge on any atom is 0.303 e. The molecule has 0 amide bonds. The van der Waals surface area contributed by atoms with Crippen LogP contribution in [0.5, 0.6) is 5.75 Å². The summed E-state index contributed by atoms with van der Waals surface area (Å²) in [5, 5.41) is 12.4. The van der Waals surface area contributed by atoms with E-state index < -0.39 is 36.9 Å². The van der Waals surface area contributed by atoms with Crippen molar-refractivity contribution in [3.63, 3.8) is 0 Å². The number of unbranched alkanes of at least 4 members (excludes halogenated alkanes) is 2. The van der Waals surface area contributed by atoms with E-state index in [0.29, 0.717) is 30.5 Å². The van der Waals surface area contributed by atoms with Crippen molar-refractivity contribution >= 4 is 64.8 Å². The van der Waals surface area contributed by atoms with Crippen molar-refractivity contribution in [3.05, 3.63) is 154 Å². The van der Waals surface area contributed by atoms with Gasteiger partial charge in [0.15, 0.2) is 5.71 Å². The number of hydrogen-bond acceptors (Lipinski definition) is 7. The summed E-state index contributed by atoms with van der Waals surface area (Å²) in [4.78, 5) is 13.4. The monoisotopic (exact) mass is 999 g/mol. The van der Waals surface area contributed by atoms with Crippen molar-refractivity contribution < 1.29 is 45.2 Å². The number of aliphatic carboxylic acids is 1. The molecule has 5 aromatic carbocycles. The van der Waals surface area contributed by atoms with Crippen LogP contribution in [0.4, 0.5) is 11.4 Å². The van der Waals surface area contributed by atoms with Gasteiger partial charge in [0.1, 0.15) is 18.1 Å². The lowest BCUT2D eigenvalue weighted by Crippen LogP contribution is -2.28. The van der Waals surface area contributed by atoms with Gasteiger partial charge in [-0.3, -0.25) is 13.9 Å². The van der Waals surface area contributed by atoms with E-state index in [9.17, 15) is 35.8 Å². The van der Waals surface area contributed by atoms with Gasteiger partial charge in [0, 0.05) is 53.9 Å². The lowest BCUT2D eigenvalue weighted by Gasteiger charge is -2.28. The number of benzene rings is 5. The standard InChI is InChI=1S/C58H66N2O9S2/c1-8-9-10-34-59-49-29-20-43-36-38(2)16-27-47(43)54(49)57(4,5)51(59)31-22-41-14-11-15-42(56(41)69-45-24-17-40(18-25-45)19-33-53(61)62)23-32-52-58(6,7)55-48-28-26-46(71(66,67)68)37-44(48)21-30-50(55)60(52)35-12-13-39(3)70(63,64)65/h16-18,20-32,36-37,39H,8-15,19,33-35H2,1-7H3,(H2-,61,62,63,64,65,66,67,68)/p+1. The van der Waals surface area contributed by atoms with Crippen molar-refractivity contribution in [1.29, 1.82) is 0 Å². The fraction of sp³-hybridized carbons (Fsp3) is 0.379. The van der Waals surface area contributed by atoms with E-state index in [1.165, 1.54) is 52.4 Å². The lowest BCUT2D eigenvalue weighted by atomic mass is 9.78. The lowest BCUT2D eigenvalue weighted by molar-refractivity contribution is -0.438. The van der Waals surface area contributed by atoms with E-state index in [-0.39, 0.29) is 23.2 Å². The number of rotatable bonds is 18. The minimum Gasteiger partial charge on any atom is -0.481 e. The molecule has 0 saturated heterocycles. The molecule has 3 N–H and O–H groups in total. The summed E-state index contributed by atoms with van der Waals surface area (Å²) >= 11 is 0. The summed E-state index contributed by atoms with van der Waals surface area (Å²) in [6, 6.07) is 27.3. The Morgan fingerprint density at radius 1 is 0.817 bits per heavy atom. The number of hydrogen-bond donors (Lipinski definition) is 3. The first kappa shape index (κ1) is 51.5. The molecule has 0 aromatic heterocycles. The Labute approximate surface area is 419 Å². The maximum absolute atomic E-state index is 12.2. The van der Waals surface area contributed by atoms with E-state index in [2.05, 4.69) is 106 Å². The zero-order chi connectivity index (χ0) is 51.0. The second-order valence-corrected chi connectivity index (χ2v) is 23.8. The van der Waals surface area contributed by atoms with E-state index >= 15 is 0 Å². The molecule has 11 nitrogen and oxygen atoms in total. The molecule has 0 saturated carbocycles. The predicted octanol–water partition coefficient (Wildman–Crippen LogP) is 12.9. The van der Waals surface area contributed by atoms with Gasteiger partial charge in [-0.25, -0.2) is 0 Å². The van der Waals surface area contributed by atoms with Gasteiger partial charge in [0.25, 0.3) is 20.2 Å². The smallest absolute Gasteiger partial charge is 0.303 e. The largest absolute Gasteiger partial charge is 0.481 e. The van der Waals surface area contributed by atoms with Crippen LogP contribution in [0.1, 0.15) is 122 Å². The molecule has 8 rings (SSSR count). The first-order valence-corrected chi connectivity index (χ1v) is 27.8. The Kier molecular flexibility index (Phi) is 14.7. The third-order valence-corrected chi connectivity index (χ3v) is 16.8. The highest BCUT2D eigenvalue weighted by atomic mass is 32.2. The number of anilines is 1. The molecule has 5 aromatic rings. The molecule has 71 heavy (non-hydrogen) atoms. The van der Waals surface area contributed by atoms with E-state index in [1.807, 2.05) is 36.4 Å². The molecule has 13 heteroatoms. The van der Waals surface area contributed by atoms with Crippen LogP contribution < -0.4 is 9.64 Å². The average molecular weight is 1000 g/mol. The number of aryl methyl sites for hydroxylation is 2. The molecule has 1 atom stereocenters. The second kappa shape index (κ2) is 20.3. The number of fused-ring (bicyclic) bond motifs is 6. The molecular weight excluding hydrogens is 933 g/mol. The average Bonchev–Trinajstić information content (AvgIpc) is 3.67. The fourth-order valence-corrected chi connectivity index (χ4v) is 11.9. The molecule has 1 unspecified atom stereocenters. The molecule has 374 valence electrons. The quantitative estimate of drug-likeness (QED) is 0.0438. The molecule has 0 fully saturated rings. The van der Waals surface area contributed by atoms with Crippen LogP contribution in [0, 0.1) is 6.92 Å². The van der Waals surface area contributed by atoms with Gasteiger partial charge in [-0.15, -0.1) is 0 Å². The number of carbonyl (C=O) groups is 1. The van der Waals surface area contributed by atoms with E-state index in [4.69, 9.17) is 4.74 Å². The van der Waals surface area contributed by atoms with Crippen molar-refractivity contribution in [2.75, 3.05) is 18.0 Å². The van der Waals surface area contributed by atoms with Crippen LogP contribution in [0.2, 0.25) is 0 Å². The van der Waals surface area contributed by atoms with Gasteiger partial charge in [0.05, 0.1) is 15.6 Å². The Bertz CT molecular complexity index is 3300. The Morgan fingerprint density at radius 2 is 1.52 bits per heavy atom. The minimum atomic E-state index is -4.44. The van der Waals surface area contributed by atoms with Crippen molar-refractivity contribution in [2.24, 2.45) is 0 Å². The zero-order valence-corrected chi connectivity index (χ0v) is 43.6. The number of nitrogens with zero attached hydrogens (tertiary/aromatic N) is 2. The highest BCUT2D eigenvalue weighted by Gasteiger charge is 2.46. The normalized spacial score (nSPS) is 18.4. The van der Waals surface area contributed by atoms with Crippen LogP contribution in [-0.4, -0.2) is 65.6 Å². The van der Waals surface area contributed by atoms with Gasteiger partial charge < -0.3 is 14.7 Å². The summed E-state index contributed by atoms with van der Waals surface area (Å²) in [6.07, 6.45) is 15.6. The fourth-order valence-electron chi connectivity index (χ4n) is 10.9. The Morgan fingerprint density at radius 3 is 2.23 bits per heavy atom. The van der Waals surface area contributed by atoms with Crippen LogP contribution in [0.15, 0.2) is 137 Å². The topological polar surface area (TPSA) is 162 Å². The highest BCUT2D eigenvalue weighted by Crippen LogP contribution is 2.52. The van der Waals surface area contributed by atoms with Crippen LogP contribution in [0.25, 0.3) is 21.5 Å². The summed E-state index contributed by atoms with van der Waals surface area (Å²) in [6.45, 7) is 16.1. The third kappa shape index (κ3) is 10.7. The van der Waals surface area contributed by atoms with Gasteiger partial charge in [-0.05, 0) is 165 Å². The number of ether oxygens (including phenoxy) is 1. The number of carboxylic acid groups (broad SMARTS) is 1. The van der Waals surface area contributed by atoms with Gasteiger partial charge in [0.2, 0.25) is 5.69 Å². The van der Waals surface area contributed by atoms with Crippen LogP contribution in [-0.2, 0) is 42.3 Å². The van der Waals surface area contributed by atoms with Gasteiger partial charge in [-0.2, -0.15) is 21.4 Å². The van der Waals surface area contributed by atoms with Crippen molar-refractivity contribution in [3.8, 4) is 5.75 Å².